The normalized spacial score (nSPS) is 12.4. The Bertz CT molecular complexity index is 39.4. The summed E-state index contributed by atoms with van der Waals surface area (Å²) in [5, 5.41) is 0. The summed E-state index contributed by atoms with van der Waals surface area (Å²) >= 11 is 5.43. The van der Waals surface area contributed by atoms with Gasteiger partial charge in [-0.25, -0.2) is 0 Å². The van der Waals surface area contributed by atoms with Crippen molar-refractivity contribution in [2.45, 2.75) is 31.7 Å². The fourth-order valence-electron chi connectivity index (χ4n) is 0.399. The first-order chi connectivity index (χ1) is 3.27. The first kappa shape index (κ1) is 11.4. The Morgan fingerprint density at radius 2 is 2.12 bits per heavy atom. The monoisotopic (exact) mass is 157 g/mol. The Hall–Kier alpha value is 0.540. The summed E-state index contributed by atoms with van der Waals surface area (Å²) in [6, 6.07) is 0. The van der Waals surface area contributed by atoms with E-state index in [4.69, 9.17) is 17.3 Å². The molecule has 1 atom stereocenters. The van der Waals surface area contributed by atoms with Gasteiger partial charge in [0.1, 0.15) is 0 Å². The van der Waals surface area contributed by atoms with Gasteiger partial charge >= 0.3 is 0 Å². The molecule has 0 radical (unpaired) electrons. The molecular weight excluding hydrogens is 145 g/mol. The lowest BCUT2D eigenvalue weighted by molar-refractivity contribution is 0.693. The van der Waals surface area contributed by atoms with Crippen LogP contribution in [-0.2, 0) is 0 Å². The molecule has 1 nitrogen and oxygen atoms in total. The van der Waals surface area contributed by atoms with Crippen molar-refractivity contribution in [3.05, 3.63) is 0 Å². The van der Waals surface area contributed by atoms with Gasteiger partial charge < -0.3 is 5.73 Å². The Kier molecular flexibility index (Phi) is 10.7. The van der Waals surface area contributed by atoms with Crippen molar-refractivity contribution < 1.29 is 0 Å². The fourth-order valence-corrected chi connectivity index (χ4v) is 0.553. The second-order valence-corrected chi connectivity index (χ2v) is 2.22. The molecule has 0 saturated carbocycles. The van der Waals surface area contributed by atoms with Gasteiger partial charge in [-0.1, -0.05) is 19.8 Å². The highest BCUT2D eigenvalue weighted by Gasteiger charge is 1.91. The standard InChI is InChI=1S/C5H12ClN.ClH/c1-2-3-4-5(6)7;/h5H,2-4,7H2,1H3;1H. The summed E-state index contributed by atoms with van der Waals surface area (Å²) in [5.74, 6) is 0. The van der Waals surface area contributed by atoms with Crippen molar-refractivity contribution in [3.8, 4) is 0 Å². The van der Waals surface area contributed by atoms with Crippen LogP contribution in [0.1, 0.15) is 26.2 Å². The van der Waals surface area contributed by atoms with Crippen LogP contribution in [0, 0.1) is 0 Å². The fraction of sp³-hybridized carbons (Fsp3) is 1.00. The summed E-state index contributed by atoms with van der Waals surface area (Å²) in [6.07, 6.45) is 3.27. The molecule has 3 heteroatoms. The molecule has 0 heterocycles. The molecule has 0 amide bonds. The van der Waals surface area contributed by atoms with Crippen molar-refractivity contribution in [3.63, 3.8) is 0 Å². The molecule has 52 valence electrons. The molecule has 0 bridgehead atoms. The van der Waals surface area contributed by atoms with E-state index in [0.717, 1.165) is 12.8 Å². The molecule has 2 N–H and O–H groups in total. The molecule has 8 heavy (non-hydrogen) atoms. The largest absolute Gasteiger partial charge is 0.315 e. The molecule has 0 spiro atoms. The predicted octanol–water partition coefficient (Wildman–Crippen LogP) is 2.12. The maximum atomic E-state index is 5.43. The summed E-state index contributed by atoms with van der Waals surface area (Å²) in [7, 11) is 0. The van der Waals surface area contributed by atoms with Crippen LogP contribution in [-0.4, -0.2) is 5.50 Å². The first-order valence-electron chi connectivity index (χ1n) is 2.67. The molecule has 0 aliphatic carbocycles. The molecule has 0 aliphatic rings. The van der Waals surface area contributed by atoms with Crippen molar-refractivity contribution in [2.24, 2.45) is 5.73 Å². The van der Waals surface area contributed by atoms with Crippen LogP contribution in [0.4, 0.5) is 0 Å². The number of hydrogen-bond acceptors (Lipinski definition) is 1. The third-order valence-electron chi connectivity index (χ3n) is 0.833. The second-order valence-electron chi connectivity index (χ2n) is 1.66. The lowest BCUT2D eigenvalue weighted by atomic mass is 10.2. The van der Waals surface area contributed by atoms with E-state index in [1.54, 1.807) is 0 Å². The molecule has 0 fully saturated rings. The summed E-state index contributed by atoms with van der Waals surface area (Å²) in [6.45, 7) is 2.12. The van der Waals surface area contributed by atoms with Crippen LogP contribution in [0.5, 0.6) is 0 Å². The van der Waals surface area contributed by atoms with E-state index in [1.807, 2.05) is 0 Å². The van der Waals surface area contributed by atoms with Gasteiger partial charge in [0.05, 0.1) is 5.50 Å². The van der Waals surface area contributed by atoms with Crippen LogP contribution >= 0.6 is 24.0 Å². The summed E-state index contributed by atoms with van der Waals surface area (Å²) in [5.41, 5.74) is 5.12. The van der Waals surface area contributed by atoms with Gasteiger partial charge in [0.15, 0.2) is 0 Å². The maximum Gasteiger partial charge on any atom is 0.0800 e. The third-order valence-corrected chi connectivity index (χ3v) is 1.05. The number of rotatable bonds is 3. The van der Waals surface area contributed by atoms with Crippen LogP contribution in [0.2, 0.25) is 0 Å². The SMILES string of the molecule is CCCCC(N)Cl.Cl. The van der Waals surface area contributed by atoms with Gasteiger partial charge in [0.25, 0.3) is 0 Å². The minimum Gasteiger partial charge on any atom is -0.315 e. The summed E-state index contributed by atoms with van der Waals surface area (Å²) in [4.78, 5) is 0. The number of nitrogens with two attached hydrogens (primary N) is 1. The van der Waals surface area contributed by atoms with Gasteiger partial charge in [0.2, 0.25) is 0 Å². The van der Waals surface area contributed by atoms with E-state index in [1.165, 1.54) is 6.42 Å². The Balaban J connectivity index is 0. The van der Waals surface area contributed by atoms with Gasteiger partial charge in [-0.15, -0.1) is 24.0 Å². The molecule has 0 aliphatic heterocycles. The highest BCUT2D eigenvalue weighted by atomic mass is 35.5. The molecule has 1 unspecified atom stereocenters. The van der Waals surface area contributed by atoms with E-state index < -0.39 is 0 Å². The predicted molar refractivity (Wildman–Crippen MR) is 40.6 cm³/mol. The van der Waals surface area contributed by atoms with Gasteiger partial charge in [-0.3, -0.25) is 0 Å². The van der Waals surface area contributed by atoms with Crippen molar-refractivity contribution in [1.29, 1.82) is 0 Å². The number of halogens is 2. The zero-order valence-corrected chi connectivity index (χ0v) is 6.63. The van der Waals surface area contributed by atoms with Crippen LogP contribution in [0.25, 0.3) is 0 Å². The third kappa shape index (κ3) is 9.74. The molecule has 0 saturated heterocycles. The smallest absolute Gasteiger partial charge is 0.0800 e. The van der Waals surface area contributed by atoms with Crippen LogP contribution < -0.4 is 5.73 Å². The maximum absolute atomic E-state index is 5.43. The van der Waals surface area contributed by atoms with Crippen molar-refractivity contribution in [2.75, 3.05) is 0 Å². The molecule has 0 aromatic carbocycles. The van der Waals surface area contributed by atoms with Crippen LogP contribution in [0.3, 0.4) is 0 Å². The van der Waals surface area contributed by atoms with Crippen molar-refractivity contribution >= 4 is 24.0 Å². The Morgan fingerprint density at radius 3 is 2.25 bits per heavy atom. The van der Waals surface area contributed by atoms with Gasteiger partial charge in [-0.05, 0) is 6.42 Å². The lowest BCUT2D eigenvalue weighted by Crippen LogP contribution is -2.10. The molecule has 0 rings (SSSR count). The van der Waals surface area contributed by atoms with Gasteiger partial charge in [-0.2, -0.15) is 0 Å². The van der Waals surface area contributed by atoms with E-state index in [-0.39, 0.29) is 17.9 Å². The zero-order chi connectivity index (χ0) is 5.70. The zero-order valence-electron chi connectivity index (χ0n) is 5.06. The van der Waals surface area contributed by atoms with Gasteiger partial charge in [0, 0.05) is 0 Å². The first-order valence-corrected chi connectivity index (χ1v) is 3.10. The second kappa shape index (κ2) is 7.54. The average Bonchev–Trinajstić information content (AvgIpc) is 1.61. The Labute approximate surface area is 62.0 Å². The topological polar surface area (TPSA) is 26.0 Å². The molecule has 0 aromatic heterocycles. The van der Waals surface area contributed by atoms with Crippen LogP contribution in [0.15, 0.2) is 0 Å². The van der Waals surface area contributed by atoms with E-state index in [2.05, 4.69) is 6.92 Å². The highest BCUT2D eigenvalue weighted by Crippen LogP contribution is 1.99. The quantitative estimate of drug-likeness (QED) is 0.494. The van der Waals surface area contributed by atoms with E-state index in [0.29, 0.717) is 0 Å². The molecule has 0 aromatic rings. The van der Waals surface area contributed by atoms with E-state index in [9.17, 15) is 0 Å². The lowest BCUT2D eigenvalue weighted by Gasteiger charge is -1.97. The molecular formula is C5H13Cl2N. The average molecular weight is 158 g/mol. The van der Waals surface area contributed by atoms with E-state index >= 15 is 0 Å². The number of alkyl halides is 1. The number of hydrogen-bond donors (Lipinski definition) is 1. The summed E-state index contributed by atoms with van der Waals surface area (Å²) < 4.78 is 0. The van der Waals surface area contributed by atoms with Crippen molar-refractivity contribution in [1.82, 2.24) is 0 Å². The number of unbranched alkanes of at least 4 members (excludes halogenated alkanes) is 1. The minimum atomic E-state index is -0.125. The Morgan fingerprint density at radius 1 is 1.62 bits per heavy atom. The highest BCUT2D eigenvalue weighted by molar-refractivity contribution is 6.20. The minimum absolute atomic E-state index is 0.